The quantitative estimate of drug-likeness (QED) is 0.643. The molecule has 150 valence electrons. The van der Waals surface area contributed by atoms with E-state index in [0.29, 0.717) is 26.1 Å². The lowest BCUT2D eigenvalue weighted by Crippen LogP contribution is -2.34. The van der Waals surface area contributed by atoms with Gasteiger partial charge in [-0.15, -0.1) is 0 Å². The lowest BCUT2D eigenvalue weighted by molar-refractivity contribution is -0.145. The molecule has 0 fully saturated rings. The summed E-state index contributed by atoms with van der Waals surface area (Å²) in [6.07, 6.45) is 0.869. The maximum atomic E-state index is 11.6. The average Bonchev–Trinajstić information content (AvgIpc) is 2.69. The number of ether oxygens (including phenoxy) is 2. The van der Waals surface area contributed by atoms with Crippen molar-refractivity contribution in [2.75, 3.05) is 13.2 Å². The molecule has 2 aromatic rings. The van der Waals surface area contributed by atoms with E-state index in [1.807, 2.05) is 48.5 Å². The predicted molar refractivity (Wildman–Crippen MR) is 109 cm³/mol. The summed E-state index contributed by atoms with van der Waals surface area (Å²) in [4.78, 5) is 23.3. The van der Waals surface area contributed by atoms with Crippen molar-refractivity contribution in [2.24, 2.45) is 11.5 Å². The van der Waals surface area contributed by atoms with Crippen LogP contribution in [0.1, 0.15) is 25.0 Å². The largest absolute Gasteiger partial charge is 0.465 e. The van der Waals surface area contributed by atoms with Crippen molar-refractivity contribution >= 4 is 11.9 Å². The molecule has 4 N–H and O–H groups in total. The normalized spacial score (nSPS) is 12.9. The molecule has 6 heteroatoms. The summed E-state index contributed by atoms with van der Waals surface area (Å²) in [5.41, 5.74) is 15.8. The van der Waals surface area contributed by atoms with E-state index in [4.69, 9.17) is 20.9 Å². The Morgan fingerprint density at radius 2 is 1.04 bits per heavy atom. The van der Waals surface area contributed by atoms with Crippen LogP contribution in [0.5, 0.6) is 0 Å². The first-order valence-corrected chi connectivity index (χ1v) is 9.47. The molecule has 0 amide bonds. The molecular formula is C22H28N2O4. The van der Waals surface area contributed by atoms with E-state index in [1.54, 1.807) is 13.8 Å². The van der Waals surface area contributed by atoms with Gasteiger partial charge in [0.15, 0.2) is 0 Å². The second kappa shape index (κ2) is 10.6. The highest BCUT2D eigenvalue weighted by Gasteiger charge is 2.16. The zero-order chi connectivity index (χ0) is 20.5. The van der Waals surface area contributed by atoms with Crippen LogP contribution in [0.3, 0.4) is 0 Å². The molecule has 0 spiro atoms. The fourth-order valence-corrected chi connectivity index (χ4v) is 2.84. The smallest absolute Gasteiger partial charge is 0.323 e. The topological polar surface area (TPSA) is 105 Å². The molecule has 0 saturated heterocycles. The van der Waals surface area contributed by atoms with Crippen LogP contribution in [0.25, 0.3) is 11.1 Å². The molecule has 0 radical (unpaired) electrons. The maximum Gasteiger partial charge on any atom is 0.323 e. The molecule has 2 atom stereocenters. The number of hydrogen-bond donors (Lipinski definition) is 2. The Balaban J connectivity index is 1.98. The highest BCUT2D eigenvalue weighted by Crippen LogP contribution is 2.21. The molecule has 0 aromatic heterocycles. The maximum absolute atomic E-state index is 11.6. The van der Waals surface area contributed by atoms with Crippen molar-refractivity contribution in [3.8, 4) is 11.1 Å². The average molecular weight is 384 g/mol. The summed E-state index contributed by atoms with van der Waals surface area (Å²) in [7, 11) is 0. The van der Waals surface area contributed by atoms with Crippen molar-refractivity contribution in [3.05, 3.63) is 59.7 Å². The molecule has 0 aliphatic rings. The first-order chi connectivity index (χ1) is 13.4. The minimum Gasteiger partial charge on any atom is -0.465 e. The van der Waals surface area contributed by atoms with Gasteiger partial charge < -0.3 is 20.9 Å². The number of nitrogens with two attached hydrogens (primary N) is 2. The highest BCUT2D eigenvalue weighted by molar-refractivity contribution is 5.76. The van der Waals surface area contributed by atoms with E-state index in [1.165, 1.54) is 0 Å². The first-order valence-electron chi connectivity index (χ1n) is 9.47. The van der Waals surface area contributed by atoms with Crippen LogP contribution in [0.4, 0.5) is 0 Å². The molecular weight excluding hydrogens is 356 g/mol. The third kappa shape index (κ3) is 6.18. The molecule has 6 nitrogen and oxygen atoms in total. The van der Waals surface area contributed by atoms with Gasteiger partial charge >= 0.3 is 11.9 Å². The predicted octanol–water partition coefficient (Wildman–Crippen LogP) is 2.22. The van der Waals surface area contributed by atoms with Crippen LogP contribution in [0.2, 0.25) is 0 Å². The van der Waals surface area contributed by atoms with Gasteiger partial charge in [-0.1, -0.05) is 48.5 Å². The number of carbonyl (C=O) groups is 2. The highest BCUT2D eigenvalue weighted by atomic mass is 16.5. The zero-order valence-electron chi connectivity index (χ0n) is 16.4. The van der Waals surface area contributed by atoms with E-state index in [0.717, 1.165) is 22.3 Å². The summed E-state index contributed by atoms with van der Waals surface area (Å²) in [5, 5.41) is 0. The molecule has 0 bridgehead atoms. The Kier molecular flexibility index (Phi) is 8.17. The third-order valence-corrected chi connectivity index (χ3v) is 4.33. The number of carbonyl (C=O) groups excluding carboxylic acids is 2. The van der Waals surface area contributed by atoms with Crippen molar-refractivity contribution in [3.63, 3.8) is 0 Å². The fraction of sp³-hybridized carbons (Fsp3) is 0.364. The van der Waals surface area contributed by atoms with Gasteiger partial charge in [0.1, 0.15) is 12.1 Å². The Bertz CT molecular complexity index is 705. The molecule has 0 aliphatic carbocycles. The fourth-order valence-electron chi connectivity index (χ4n) is 2.84. The van der Waals surface area contributed by atoms with Crippen molar-refractivity contribution < 1.29 is 19.1 Å². The lowest BCUT2D eigenvalue weighted by atomic mass is 9.98. The minimum absolute atomic E-state index is 0.326. The molecule has 0 aliphatic heterocycles. The summed E-state index contributed by atoms with van der Waals surface area (Å²) < 4.78 is 9.87. The monoisotopic (exact) mass is 384 g/mol. The Morgan fingerprint density at radius 3 is 1.32 bits per heavy atom. The van der Waals surface area contributed by atoms with Crippen LogP contribution in [-0.4, -0.2) is 37.2 Å². The first kappa shape index (κ1) is 21.6. The minimum atomic E-state index is -0.659. The summed E-state index contributed by atoms with van der Waals surface area (Å²) in [6, 6.07) is 14.5. The van der Waals surface area contributed by atoms with Gasteiger partial charge in [-0.2, -0.15) is 0 Å². The van der Waals surface area contributed by atoms with Crippen molar-refractivity contribution in [1.29, 1.82) is 0 Å². The summed E-state index contributed by atoms with van der Waals surface area (Å²) in [6.45, 7) is 4.17. The third-order valence-electron chi connectivity index (χ3n) is 4.33. The second-order valence-corrected chi connectivity index (χ2v) is 6.52. The van der Waals surface area contributed by atoms with Gasteiger partial charge in [0.2, 0.25) is 0 Å². The van der Waals surface area contributed by atoms with Crippen LogP contribution < -0.4 is 11.5 Å². The molecule has 2 unspecified atom stereocenters. The van der Waals surface area contributed by atoms with E-state index in [2.05, 4.69) is 0 Å². The van der Waals surface area contributed by atoms with Gasteiger partial charge in [0, 0.05) is 0 Å². The number of hydrogen-bond acceptors (Lipinski definition) is 6. The second-order valence-electron chi connectivity index (χ2n) is 6.52. The molecule has 0 heterocycles. The van der Waals surface area contributed by atoms with Crippen molar-refractivity contribution in [1.82, 2.24) is 0 Å². The lowest BCUT2D eigenvalue weighted by Gasteiger charge is -2.12. The number of benzene rings is 2. The standard InChI is InChI=1S/C22H28N2O4/c1-3-27-21(25)19(23)13-15-5-9-17(10-6-15)18-11-7-16(8-12-18)14-20(24)22(26)28-4-2/h5-12,19-20H,3-4,13-14,23-24H2,1-2H3. The molecule has 28 heavy (non-hydrogen) atoms. The van der Waals surface area contributed by atoms with Crippen LogP contribution >= 0.6 is 0 Å². The SMILES string of the molecule is CCOC(=O)C(N)Cc1ccc(-c2ccc(CC(N)C(=O)OCC)cc2)cc1. The molecule has 2 aromatic carbocycles. The van der Waals surface area contributed by atoms with Crippen LogP contribution in [0.15, 0.2) is 48.5 Å². The van der Waals surface area contributed by atoms with Gasteiger partial charge in [-0.05, 0) is 48.9 Å². The summed E-state index contributed by atoms with van der Waals surface area (Å²) >= 11 is 0. The van der Waals surface area contributed by atoms with E-state index < -0.39 is 12.1 Å². The van der Waals surface area contributed by atoms with Gasteiger partial charge in [-0.3, -0.25) is 9.59 Å². The number of esters is 2. The van der Waals surface area contributed by atoms with E-state index in [9.17, 15) is 9.59 Å². The van der Waals surface area contributed by atoms with E-state index >= 15 is 0 Å². The van der Waals surface area contributed by atoms with Gasteiger partial charge in [0.25, 0.3) is 0 Å². The van der Waals surface area contributed by atoms with Crippen LogP contribution in [-0.2, 0) is 31.9 Å². The number of rotatable bonds is 9. The van der Waals surface area contributed by atoms with E-state index in [-0.39, 0.29) is 11.9 Å². The Morgan fingerprint density at radius 1 is 0.714 bits per heavy atom. The van der Waals surface area contributed by atoms with Crippen LogP contribution in [0, 0.1) is 0 Å². The van der Waals surface area contributed by atoms with Crippen molar-refractivity contribution in [2.45, 2.75) is 38.8 Å². The summed E-state index contributed by atoms with van der Waals surface area (Å²) in [5.74, 6) is -0.772. The van der Waals surface area contributed by atoms with Gasteiger partial charge in [0.05, 0.1) is 13.2 Å². The Labute approximate surface area is 165 Å². The zero-order valence-corrected chi connectivity index (χ0v) is 16.4. The molecule has 0 saturated carbocycles. The van der Waals surface area contributed by atoms with Gasteiger partial charge in [-0.25, -0.2) is 0 Å². The molecule has 2 rings (SSSR count). The Hall–Kier alpha value is -2.70.